The fourth-order valence-electron chi connectivity index (χ4n) is 1.50. The van der Waals surface area contributed by atoms with Crippen LogP contribution in [0.1, 0.15) is 29.2 Å². The molecule has 2 rings (SSSR count). The number of rotatable bonds is 4. The zero-order valence-corrected chi connectivity index (χ0v) is 11.4. The average molecular weight is 264 g/mol. The van der Waals surface area contributed by atoms with Crippen molar-refractivity contribution in [1.82, 2.24) is 15.0 Å². The monoisotopic (exact) mass is 264 g/mol. The van der Waals surface area contributed by atoms with E-state index in [2.05, 4.69) is 32.6 Å². The summed E-state index contributed by atoms with van der Waals surface area (Å²) in [7, 11) is 0. The van der Waals surface area contributed by atoms with Crippen LogP contribution in [-0.4, -0.2) is 15.0 Å². The molecule has 1 unspecified atom stereocenters. The number of aromatic nitrogens is 3. The first-order valence-corrected chi connectivity index (χ1v) is 6.47. The Bertz CT molecular complexity index is 538. The maximum Gasteiger partial charge on any atom is 0.239 e. The van der Waals surface area contributed by atoms with E-state index in [-0.39, 0.29) is 6.04 Å². The van der Waals surface area contributed by atoms with Crippen LogP contribution in [0.25, 0.3) is 0 Å². The number of nitrogens with zero attached hydrogens (tertiary/aromatic N) is 3. The number of anilines is 2. The SMILES string of the molecule is Cc1csc(C(C)Nc2nc(NN)ncc2C)n1. The van der Waals surface area contributed by atoms with Crippen molar-refractivity contribution in [3.05, 3.63) is 27.8 Å². The van der Waals surface area contributed by atoms with Crippen LogP contribution in [0, 0.1) is 13.8 Å². The number of thiazole rings is 1. The maximum absolute atomic E-state index is 5.30. The summed E-state index contributed by atoms with van der Waals surface area (Å²) in [6.07, 6.45) is 1.73. The van der Waals surface area contributed by atoms with E-state index in [1.807, 2.05) is 19.2 Å². The van der Waals surface area contributed by atoms with Gasteiger partial charge in [0.25, 0.3) is 0 Å². The first-order valence-electron chi connectivity index (χ1n) is 5.59. The molecule has 2 aromatic heterocycles. The van der Waals surface area contributed by atoms with E-state index in [9.17, 15) is 0 Å². The number of nitrogen functional groups attached to an aromatic ring is 1. The molecular weight excluding hydrogens is 248 g/mol. The number of nitrogens with one attached hydrogen (secondary N) is 2. The number of hydrogen-bond donors (Lipinski definition) is 3. The van der Waals surface area contributed by atoms with Gasteiger partial charge < -0.3 is 5.32 Å². The molecule has 4 N–H and O–H groups in total. The summed E-state index contributed by atoms with van der Waals surface area (Å²) < 4.78 is 0. The average Bonchev–Trinajstić information content (AvgIpc) is 2.79. The molecule has 18 heavy (non-hydrogen) atoms. The predicted octanol–water partition coefficient (Wildman–Crippen LogP) is 2.01. The second-order valence-corrected chi connectivity index (χ2v) is 4.95. The van der Waals surface area contributed by atoms with Gasteiger partial charge in [-0.3, -0.25) is 5.43 Å². The van der Waals surface area contributed by atoms with E-state index in [1.165, 1.54) is 0 Å². The highest BCUT2D eigenvalue weighted by molar-refractivity contribution is 7.09. The van der Waals surface area contributed by atoms with Gasteiger partial charge >= 0.3 is 0 Å². The Hall–Kier alpha value is -1.73. The fraction of sp³-hybridized carbons (Fsp3) is 0.364. The van der Waals surface area contributed by atoms with Gasteiger partial charge in [-0.1, -0.05) is 0 Å². The van der Waals surface area contributed by atoms with Crippen LogP contribution in [-0.2, 0) is 0 Å². The Balaban J connectivity index is 2.18. The van der Waals surface area contributed by atoms with Crippen molar-refractivity contribution >= 4 is 23.1 Å². The standard InChI is InChI=1S/C11H16N6S/c1-6-4-13-11(17-12)16-9(6)15-8(3)10-14-7(2)5-18-10/h4-5,8H,12H2,1-3H3,(H2,13,15,16,17). The molecule has 2 heterocycles. The topological polar surface area (TPSA) is 88.8 Å². The Morgan fingerprint density at radius 2 is 2.11 bits per heavy atom. The number of nitrogens with two attached hydrogens (primary N) is 1. The van der Waals surface area contributed by atoms with Gasteiger partial charge in [-0.25, -0.2) is 15.8 Å². The summed E-state index contributed by atoms with van der Waals surface area (Å²) >= 11 is 1.64. The zero-order chi connectivity index (χ0) is 13.1. The van der Waals surface area contributed by atoms with Crippen LogP contribution in [0.2, 0.25) is 0 Å². The molecule has 0 saturated carbocycles. The zero-order valence-electron chi connectivity index (χ0n) is 10.6. The second-order valence-electron chi connectivity index (χ2n) is 4.06. The minimum absolute atomic E-state index is 0.0999. The Kier molecular flexibility index (Phi) is 3.73. The van der Waals surface area contributed by atoms with E-state index in [0.29, 0.717) is 5.95 Å². The van der Waals surface area contributed by atoms with Crippen molar-refractivity contribution < 1.29 is 0 Å². The van der Waals surface area contributed by atoms with E-state index < -0.39 is 0 Å². The number of hydrogen-bond acceptors (Lipinski definition) is 7. The van der Waals surface area contributed by atoms with Gasteiger partial charge in [-0.2, -0.15) is 4.98 Å². The Morgan fingerprint density at radius 1 is 1.33 bits per heavy atom. The summed E-state index contributed by atoms with van der Waals surface area (Å²) in [5.74, 6) is 6.46. The molecule has 0 radical (unpaired) electrons. The molecule has 1 atom stereocenters. The smallest absolute Gasteiger partial charge is 0.239 e. The molecule has 96 valence electrons. The molecule has 2 aromatic rings. The maximum atomic E-state index is 5.30. The predicted molar refractivity (Wildman–Crippen MR) is 73.5 cm³/mol. The highest BCUT2D eigenvalue weighted by Gasteiger charge is 2.12. The molecular formula is C11H16N6S. The molecule has 0 aliphatic carbocycles. The van der Waals surface area contributed by atoms with Crippen LogP contribution in [0.15, 0.2) is 11.6 Å². The first-order chi connectivity index (χ1) is 8.60. The third-order valence-corrected chi connectivity index (χ3v) is 3.61. The highest BCUT2D eigenvalue weighted by Crippen LogP contribution is 2.23. The van der Waals surface area contributed by atoms with Crippen molar-refractivity contribution in [2.24, 2.45) is 5.84 Å². The molecule has 0 aliphatic rings. The molecule has 6 nitrogen and oxygen atoms in total. The van der Waals surface area contributed by atoms with Crippen LogP contribution in [0.4, 0.5) is 11.8 Å². The van der Waals surface area contributed by atoms with E-state index in [4.69, 9.17) is 5.84 Å². The molecule has 0 aliphatic heterocycles. The molecule has 0 fully saturated rings. The Labute approximate surface area is 110 Å². The molecule has 0 amide bonds. The molecule has 7 heteroatoms. The van der Waals surface area contributed by atoms with E-state index in [1.54, 1.807) is 17.5 Å². The van der Waals surface area contributed by atoms with Gasteiger partial charge in [0.2, 0.25) is 5.95 Å². The van der Waals surface area contributed by atoms with E-state index in [0.717, 1.165) is 22.1 Å². The number of hydrazine groups is 1. The van der Waals surface area contributed by atoms with Crippen LogP contribution in [0.5, 0.6) is 0 Å². The summed E-state index contributed by atoms with van der Waals surface area (Å²) in [6.45, 7) is 5.98. The van der Waals surface area contributed by atoms with Gasteiger partial charge in [0.05, 0.1) is 6.04 Å². The number of aryl methyl sites for hydroxylation is 2. The lowest BCUT2D eigenvalue weighted by Gasteiger charge is -2.14. The first kappa shape index (κ1) is 12.7. The van der Waals surface area contributed by atoms with Crippen molar-refractivity contribution in [3.63, 3.8) is 0 Å². The largest absolute Gasteiger partial charge is 0.361 e. The van der Waals surface area contributed by atoms with E-state index >= 15 is 0 Å². The van der Waals surface area contributed by atoms with Crippen LogP contribution < -0.4 is 16.6 Å². The fourth-order valence-corrected chi connectivity index (χ4v) is 2.30. The summed E-state index contributed by atoms with van der Waals surface area (Å²) in [6, 6.07) is 0.0999. The summed E-state index contributed by atoms with van der Waals surface area (Å²) in [5.41, 5.74) is 4.44. The van der Waals surface area contributed by atoms with Crippen molar-refractivity contribution in [1.29, 1.82) is 0 Å². The quantitative estimate of drug-likeness (QED) is 0.578. The lowest BCUT2D eigenvalue weighted by atomic mass is 10.3. The van der Waals surface area contributed by atoms with Gasteiger partial charge in [-0.15, -0.1) is 11.3 Å². The van der Waals surface area contributed by atoms with Gasteiger partial charge in [0, 0.05) is 22.8 Å². The van der Waals surface area contributed by atoms with Gasteiger partial charge in [0.15, 0.2) is 0 Å². The Morgan fingerprint density at radius 3 is 2.72 bits per heavy atom. The summed E-state index contributed by atoms with van der Waals surface area (Å²) in [5, 5.41) is 6.39. The molecule has 0 saturated heterocycles. The minimum Gasteiger partial charge on any atom is -0.361 e. The lowest BCUT2D eigenvalue weighted by molar-refractivity contribution is 0.850. The third kappa shape index (κ3) is 2.74. The molecule has 0 aromatic carbocycles. The van der Waals surface area contributed by atoms with Crippen LogP contribution in [0.3, 0.4) is 0 Å². The van der Waals surface area contributed by atoms with Crippen molar-refractivity contribution in [2.45, 2.75) is 26.8 Å². The van der Waals surface area contributed by atoms with Gasteiger partial charge in [-0.05, 0) is 20.8 Å². The third-order valence-electron chi connectivity index (χ3n) is 2.46. The second kappa shape index (κ2) is 5.28. The summed E-state index contributed by atoms with van der Waals surface area (Å²) in [4.78, 5) is 12.8. The van der Waals surface area contributed by atoms with Crippen LogP contribution >= 0.6 is 11.3 Å². The van der Waals surface area contributed by atoms with Crippen molar-refractivity contribution in [3.8, 4) is 0 Å². The minimum atomic E-state index is 0.0999. The lowest BCUT2D eigenvalue weighted by Crippen LogP contribution is -2.14. The van der Waals surface area contributed by atoms with Crippen molar-refractivity contribution in [2.75, 3.05) is 10.7 Å². The molecule has 0 spiro atoms. The normalized spacial score (nSPS) is 12.2. The van der Waals surface area contributed by atoms with Gasteiger partial charge in [0.1, 0.15) is 10.8 Å². The highest BCUT2D eigenvalue weighted by atomic mass is 32.1. The molecule has 0 bridgehead atoms.